The van der Waals surface area contributed by atoms with Crippen LogP contribution in [0.4, 0.5) is 0 Å². The first kappa shape index (κ1) is 18.0. The zero-order valence-corrected chi connectivity index (χ0v) is 14.0. The molecule has 0 spiro atoms. The highest BCUT2D eigenvalue weighted by Gasteiger charge is 2.18. The van der Waals surface area contributed by atoms with Crippen LogP contribution in [-0.2, 0) is 11.2 Å². The Labute approximate surface area is 132 Å². The van der Waals surface area contributed by atoms with Crippen LogP contribution >= 0.6 is 11.6 Å². The maximum absolute atomic E-state index is 11.9. The van der Waals surface area contributed by atoms with Crippen molar-refractivity contribution in [2.24, 2.45) is 5.41 Å². The van der Waals surface area contributed by atoms with Crippen LogP contribution in [0.2, 0.25) is 5.02 Å². The number of hydrogen-bond acceptors (Lipinski definition) is 2. The lowest BCUT2D eigenvalue weighted by atomic mass is 9.88. The fourth-order valence-corrected chi connectivity index (χ4v) is 2.33. The molecule has 0 radical (unpaired) electrons. The van der Waals surface area contributed by atoms with Crippen LogP contribution in [0.3, 0.4) is 0 Å². The molecule has 0 heterocycles. The van der Waals surface area contributed by atoms with Crippen LogP contribution < -0.4 is 5.32 Å². The molecule has 0 aliphatic heterocycles. The Balaban J connectivity index is 2.35. The van der Waals surface area contributed by atoms with Crippen molar-refractivity contribution in [2.75, 3.05) is 13.2 Å². The highest BCUT2D eigenvalue weighted by atomic mass is 35.5. The summed E-state index contributed by atoms with van der Waals surface area (Å²) in [6, 6.07) is 5.92. The van der Waals surface area contributed by atoms with Crippen LogP contribution in [0.1, 0.15) is 44.2 Å². The van der Waals surface area contributed by atoms with Gasteiger partial charge >= 0.3 is 0 Å². The van der Waals surface area contributed by atoms with E-state index in [-0.39, 0.29) is 17.9 Å². The molecule has 3 nitrogen and oxygen atoms in total. The van der Waals surface area contributed by atoms with E-state index in [4.69, 9.17) is 16.7 Å². The van der Waals surface area contributed by atoms with Gasteiger partial charge in [-0.15, -0.1) is 0 Å². The Bertz CT molecular complexity index is 472. The Morgan fingerprint density at radius 3 is 2.71 bits per heavy atom. The molecule has 0 atom stereocenters. The quantitative estimate of drug-likeness (QED) is 0.772. The lowest BCUT2D eigenvalue weighted by molar-refractivity contribution is -0.121. The average Bonchev–Trinajstić information content (AvgIpc) is 2.44. The summed E-state index contributed by atoms with van der Waals surface area (Å²) in [6.07, 6.45) is 2.83. The van der Waals surface area contributed by atoms with E-state index in [2.05, 4.69) is 19.2 Å². The first-order chi connectivity index (χ1) is 9.84. The van der Waals surface area contributed by atoms with Crippen molar-refractivity contribution in [3.05, 3.63) is 34.3 Å². The van der Waals surface area contributed by atoms with Crippen LogP contribution in [0.15, 0.2) is 18.2 Å². The lowest BCUT2D eigenvalue weighted by Crippen LogP contribution is -2.34. The molecule has 4 heteroatoms. The molecule has 118 valence electrons. The normalized spacial score (nSPS) is 11.5. The van der Waals surface area contributed by atoms with Gasteiger partial charge in [0.05, 0.1) is 0 Å². The van der Waals surface area contributed by atoms with Crippen molar-refractivity contribution in [1.29, 1.82) is 0 Å². The third-order valence-electron chi connectivity index (χ3n) is 3.65. The second kappa shape index (κ2) is 8.40. The number of hydrogen-bond donors (Lipinski definition) is 2. The van der Waals surface area contributed by atoms with Crippen molar-refractivity contribution in [2.45, 2.75) is 46.5 Å². The number of carbonyl (C=O) groups excluding carboxylic acids is 1. The smallest absolute Gasteiger partial charge is 0.220 e. The highest BCUT2D eigenvalue weighted by Crippen LogP contribution is 2.21. The van der Waals surface area contributed by atoms with Gasteiger partial charge in [-0.2, -0.15) is 0 Å². The molecule has 0 aliphatic rings. The van der Waals surface area contributed by atoms with Crippen LogP contribution in [0, 0.1) is 12.3 Å². The third kappa shape index (κ3) is 6.96. The van der Waals surface area contributed by atoms with Crippen molar-refractivity contribution in [3.8, 4) is 0 Å². The molecule has 1 rings (SSSR count). The van der Waals surface area contributed by atoms with Crippen molar-refractivity contribution >= 4 is 17.5 Å². The van der Waals surface area contributed by atoms with E-state index < -0.39 is 0 Å². The molecule has 0 fully saturated rings. The Kier molecular flexibility index (Phi) is 7.20. The van der Waals surface area contributed by atoms with Crippen LogP contribution in [0.25, 0.3) is 0 Å². The molecule has 0 unspecified atom stereocenters. The van der Waals surface area contributed by atoms with E-state index in [1.54, 1.807) is 0 Å². The summed E-state index contributed by atoms with van der Waals surface area (Å²) in [6.45, 7) is 7.00. The number of nitrogens with one attached hydrogen (secondary N) is 1. The summed E-state index contributed by atoms with van der Waals surface area (Å²) in [4.78, 5) is 11.9. The minimum absolute atomic E-state index is 0.0194. The van der Waals surface area contributed by atoms with Gasteiger partial charge in [0, 0.05) is 24.6 Å². The molecule has 1 aromatic rings. The first-order valence-corrected chi connectivity index (χ1v) is 7.84. The fraction of sp³-hybridized carbons (Fsp3) is 0.588. The molecule has 0 aromatic heterocycles. The van der Waals surface area contributed by atoms with E-state index >= 15 is 0 Å². The van der Waals surface area contributed by atoms with E-state index in [0.717, 1.165) is 29.0 Å². The van der Waals surface area contributed by atoms with Gasteiger partial charge in [0.25, 0.3) is 0 Å². The number of halogens is 1. The lowest BCUT2D eigenvalue weighted by Gasteiger charge is -2.24. The molecule has 0 saturated heterocycles. The fourth-order valence-electron chi connectivity index (χ4n) is 2.12. The van der Waals surface area contributed by atoms with E-state index in [0.29, 0.717) is 19.4 Å². The molecular weight excluding hydrogens is 286 g/mol. The summed E-state index contributed by atoms with van der Waals surface area (Å²) in [5.74, 6) is 0.0590. The van der Waals surface area contributed by atoms with Crippen LogP contribution in [0.5, 0.6) is 0 Å². The summed E-state index contributed by atoms with van der Waals surface area (Å²) in [5, 5.41) is 12.6. The van der Waals surface area contributed by atoms with E-state index in [9.17, 15) is 4.79 Å². The van der Waals surface area contributed by atoms with Gasteiger partial charge < -0.3 is 10.4 Å². The summed E-state index contributed by atoms with van der Waals surface area (Å²) in [5.41, 5.74) is 2.15. The molecule has 0 aliphatic carbocycles. The van der Waals surface area contributed by atoms with Crippen molar-refractivity contribution < 1.29 is 9.90 Å². The molecule has 1 aromatic carbocycles. The maximum Gasteiger partial charge on any atom is 0.220 e. The number of amides is 1. The monoisotopic (exact) mass is 311 g/mol. The summed E-state index contributed by atoms with van der Waals surface area (Å²) in [7, 11) is 0. The number of benzene rings is 1. The minimum Gasteiger partial charge on any atom is -0.396 e. The van der Waals surface area contributed by atoms with Gasteiger partial charge in [-0.05, 0) is 48.8 Å². The summed E-state index contributed by atoms with van der Waals surface area (Å²) < 4.78 is 0. The standard InChI is InChI=1S/C17H26ClNO2/c1-13-5-6-14(11-15(13)18)7-8-16(21)19-12-17(2,3)9-4-10-20/h5-6,11,20H,4,7-10,12H2,1-3H3,(H,19,21). The third-order valence-corrected chi connectivity index (χ3v) is 4.06. The topological polar surface area (TPSA) is 49.3 Å². The SMILES string of the molecule is Cc1ccc(CCC(=O)NCC(C)(C)CCCO)cc1Cl. The zero-order chi connectivity index (χ0) is 15.9. The number of aryl methyl sites for hydroxylation is 2. The van der Waals surface area contributed by atoms with Gasteiger partial charge in [-0.3, -0.25) is 4.79 Å². The predicted octanol–water partition coefficient (Wildman–Crippen LogP) is 3.50. The van der Waals surface area contributed by atoms with Gasteiger partial charge in [0.2, 0.25) is 5.91 Å². The Morgan fingerprint density at radius 1 is 1.38 bits per heavy atom. The van der Waals surface area contributed by atoms with Gasteiger partial charge in [-0.25, -0.2) is 0 Å². The molecule has 21 heavy (non-hydrogen) atoms. The Morgan fingerprint density at radius 2 is 2.10 bits per heavy atom. The zero-order valence-electron chi connectivity index (χ0n) is 13.2. The number of carbonyl (C=O) groups is 1. The predicted molar refractivity (Wildman–Crippen MR) is 87.6 cm³/mol. The molecule has 0 bridgehead atoms. The number of rotatable bonds is 8. The first-order valence-electron chi connectivity index (χ1n) is 7.47. The number of aliphatic hydroxyl groups is 1. The highest BCUT2D eigenvalue weighted by molar-refractivity contribution is 6.31. The van der Waals surface area contributed by atoms with Gasteiger partial charge in [-0.1, -0.05) is 37.6 Å². The molecule has 2 N–H and O–H groups in total. The maximum atomic E-state index is 11.9. The van der Waals surface area contributed by atoms with Gasteiger partial charge in [0.15, 0.2) is 0 Å². The van der Waals surface area contributed by atoms with E-state index in [1.807, 2.05) is 25.1 Å². The molecule has 1 amide bonds. The average molecular weight is 312 g/mol. The van der Waals surface area contributed by atoms with E-state index in [1.165, 1.54) is 0 Å². The second-order valence-electron chi connectivity index (χ2n) is 6.35. The summed E-state index contributed by atoms with van der Waals surface area (Å²) >= 11 is 6.08. The van der Waals surface area contributed by atoms with Crippen molar-refractivity contribution in [1.82, 2.24) is 5.32 Å². The second-order valence-corrected chi connectivity index (χ2v) is 6.76. The van der Waals surface area contributed by atoms with Crippen LogP contribution in [-0.4, -0.2) is 24.2 Å². The number of aliphatic hydroxyl groups excluding tert-OH is 1. The molecular formula is C17H26ClNO2. The largest absolute Gasteiger partial charge is 0.396 e. The van der Waals surface area contributed by atoms with Gasteiger partial charge in [0.1, 0.15) is 0 Å². The van der Waals surface area contributed by atoms with Crippen molar-refractivity contribution in [3.63, 3.8) is 0 Å². The minimum atomic E-state index is 0.0194. The molecule has 0 saturated carbocycles. The Hall–Kier alpha value is -1.06.